The Kier molecular flexibility index (Phi) is 5.48. The molecule has 1 aromatic rings. The highest BCUT2D eigenvalue weighted by atomic mass is 16.8. The summed E-state index contributed by atoms with van der Waals surface area (Å²) in [4.78, 5) is 5.09. The molecule has 1 fully saturated rings. The number of phenols is 1. The van der Waals surface area contributed by atoms with Crippen LogP contribution in [0.1, 0.15) is 5.56 Å². The lowest BCUT2D eigenvalue weighted by Gasteiger charge is -2.39. The van der Waals surface area contributed by atoms with Crippen LogP contribution in [0.5, 0.6) is 5.75 Å². The Morgan fingerprint density at radius 1 is 1.10 bits per heavy atom. The molecule has 5 atom stereocenters. The van der Waals surface area contributed by atoms with Crippen LogP contribution in [0.4, 0.5) is 0 Å². The molecule has 0 spiro atoms. The lowest BCUT2D eigenvalue weighted by Crippen LogP contribution is -2.59. The van der Waals surface area contributed by atoms with Crippen molar-refractivity contribution >= 4 is 0 Å². The number of hydroxylamine groups is 1. The molecule has 8 nitrogen and oxygen atoms in total. The van der Waals surface area contributed by atoms with Gasteiger partial charge in [0.25, 0.3) is 0 Å². The molecule has 0 unspecified atom stereocenters. The standard InChI is InChI=1S/C13H19NO7/c15-6-9-10(17)11(18)12(19)13(20-9)21-14-5-7-3-1-2-4-8(7)16/h1-4,9-19H,5-6H2/t9-,10+,11+,12-,13+/m1/s1. The van der Waals surface area contributed by atoms with Gasteiger partial charge in [0.1, 0.15) is 30.2 Å². The van der Waals surface area contributed by atoms with Gasteiger partial charge in [-0.15, -0.1) is 0 Å². The van der Waals surface area contributed by atoms with E-state index in [2.05, 4.69) is 5.48 Å². The van der Waals surface area contributed by atoms with Crippen LogP contribution < -0.4 is 5.48 Å². The molecule has 0 saturated carbocycles. The Morgan fingerprint density at radius 3 is 2.48 bits per heavy atom. The van der Waals surface area contributed by atoms with Gasteiger partial charge in [-0.2, -0.15) is 5.48 Å². The maximum atomic E-state index is 9.74. The highest BCUT2D eigenvalue weighted by molar-refractivity contribution is 5.31. The predicted molar refractivity (Wildman–Crippen MR) is 69.8 cm³/mol. The Morgan fingerprint density at radius 2 is 1.81 bits per heavy atom. The van der Waals surface area contributed by atoms with E-state index in [1.807, 2.05) is 0 Å². The van der Waals surface area contributed by atoms with Crippen LogP contribution in [0.25, 0.3) is 0 Å². The smallest absolute Gasteiger partial charge is 0.206 e. The summed E-state index contributed by atoms with van der Waals surface area (Å²) in [5.41, 5.74) is 3.07. The fraction of sp³-hybridized carbons (Fsp3) is 0.538. The lowest BCUT2D eigenvalue weighted by molar-refractivity contribution is -0.316. The number of nitrogens with one attached hydrogen (secondary N) is 1. The quantitative estimate of drug-likeness (QED) is 0.352. The zero-order valence-electron chi connectivity index (χ0n) is 11.2. The van der Waals surface area contributed by atoms with Gasteiger partial charge in [-0.25, -0.2) is 0 Å². The molecule has 1 aliphatic heterocycles. The molecule has 0 bridgehead atoms. The number of aliphatic hydroxyl groups excluding tert-OH is 4. The first kappa shape index (κ1) is 16.1. The molecule has 0 radical (unpaired) electrons. The van der Waals surface area contributed by atoms with Crippen LogP contribution in [0.15, 0.2) is 24.3 Å². The van der Waals surface area contributed by atoms with Crippen molar-refractivity contribution in [3.05, 3.63) is 29.8 Å². The first-order valence-electron chi connectivity index (χ1n) is 6.50. The van der Waals surface area contributed by atoms with Crippen molar-refractivity contribution in [2.75, 3.05) is 6.61 Å². The van der Waals surface area contributed by atoms with Crippen molar-refractivity contribution in [3.8, 4) is 5.75 Å². The Bertz CT molecular complexity index is 456. The molecule has 118 valence electrons. The first-order valence-corrected chi connectivity index (χ1v) is 6.50. The maximum Gasteiger partial charge on any atom is 0.206 e. The van der Waals surface area contributed by atoms with Gasteiger partial charge in [-0.05, 0) is 6.07 Å². The van der Waals surface area contributed by atoms with Crippen LogP contribution in [0, 0.1) is 0 Å². The second-order valence-electron chi connectivity index (χ2n) is 4.76. The third kappa shape index (κ3) is 3.69. The van der Waals surface area contributed by atoms with E-state index in [9.17, 15) is 20.4 Å². The second-order valence-corrected chi connectivity index (χ2v) is 4.76. The molecule has 8 heteroatoms. The van der Waals surface area contributed by atoms with E-state index in [1.165, 1.54) is 6.07 Å². The summed E-state index contributed by atoms with van der Waals surface area (Å²) in [5, 5.41) is 47.6. The van der Waals surface area contributed by atoms with Crippen molar-refractivity contribution in [3.63, 3.8) is 0 Å². The topological polar surface area (TPSA) is 132 Å². The maximum absolute atomic E-state index is 9.74. The summed E-state index contributed by atoms with van der Waals surface area (Å²) in [7, 11) is 0. The minimum Gasteiger partial charge on any atom is -0.508 e. The van der Waals surface area contributed by atoms with E-state index in [1.54, 1.807) is 18.2 Å². The van der Waals surface area contributed by atoms with Crippen LogP contribution in [-0.4, -0.2) is 62.8 Å². The van der Waals surface area contributed by atoms with Crippen LogP contribution in [0.2, 0.25) is 0 Å². The normalized spacial score (nSPS) is 33.0. The van der Waals surface area contributed by atoms with Crippen LogP contribution >= 0.6 is 0 Å². The Balaban J connectivity index is 1.89. The molecular formula is C13H19NO7. The molecule has 2 rings (SSSR count). The van der Waals surface area contributed by atoms with E-state index in [0.29, 0.717) is 5.56 Å². The summed E-state index contributed by atoms with van der Waals surface area (Å²) in [6.45, 7) is -0.383. The van der Waals surface area contributed by atoms with E-state index in [4.69, 9.17) is 14.7 Å². The van der Waals surface area contributed by atoms with Crippen molar-refractivity contribution in [2.45, 2.75) is 37.3 Å². The molecule has 21 heavy (non-hydrogen) atoms. The SMILES string of the molecule is OC[C@H]1O[C@@H](ONCc2ccccc2O)[C@H](O)[C@@H](O)[C@H]1O. The summed E-state index contributed by atoms with van der Waals surface area (Å²) < 4.78 is 5.14. The summed E-state index contributed by atoms with van der Waals surface area (Å²) >= 11 is 0. The summed E-state index contributed by atoms with van der Waals surface area (Å²) in [6, 6.07) is 6.62. The monoisotopic (exact) mass is 301 g/mol. The van der Waals surface area contributed by atoms with Gasteiger partial charge in [0, 0.05) is 12.1 Å². The van der Waals surface area contributed by atoms with Crippen molar-refractivity contribution in [1.82, 2.24) is 5.48 Å². The fourth-order valence-corrected chi connectivity index (χ4v) is 2.03. The predicted octanol–water partition coefficient (Wildman–Crippen LogP) is -1.79. The number of hydrogen-bond donors (Lipinski definition) is 6. The summed E-state index contributed by atoms with van der Waals surface area (Å²) in [5.74, 6) is 0.0856. The number of rotatable bonds is 5. The average molecular weight is 301 g/mol. The van der Waals surface area contributed by atoms with Gasteiger partial charge >= 0.3 is 0 Å². The number of benzene rings is 1. The number of aliphatic hydroxyl groups is 4. The van der Waals surface area contributed by atoms with E-state index < -0.39 is 37.3 Å². The Labute approximate surface area is 121 Å². The van der Waals surface area contributed by atoms with Crippen molar-refractivity contribution < 1.29 is 35.1 Å². The van der Waals surface area contributed by atoms with E-state index >= 15 is 0 Å². The van der Waals surface area contributed by atoms with Crippen LogP contribution in [-0.2, 0) is 16.1 Å². The zero-order valence-corrected chi connectivity index (χ0v) is 11.2. The van der Waals surface area contributed by atoms with Gasteiger partial charge in [-0.1, -0.05) is 18.2 Å². The zero-order chi connectivity index (χ0) is 15.4. The number of para-hydroxylation sites is 1. The molecular weight excluding hydrogens is 282 g/mol. The third-order valence-electron chi connectivity index (χ3n) is 3.30. The molecule has 0 aromatic heterocycles. The Hall–Kier alpha value is -1.26. The highest BCUT2D eigenvalue weighted by Gasteiger charge is 2.44. The minimum atomic E-state index is -1.49. The number of aromatic hydroxyl groups is 1. The van der Waals surface area contributed by atoms with Gasteiger partial charge in [0.2, 0.25) is 6.29 Å². The molecule has 1 saturated heterocycles. The second kappa shape index (κ2) is 7.14. The van der Waals surface area contributed by atoms with E-state index in [0.717, 1.165) is 0 Å². The fourth-order valence-electron chi connectivity index (χ4n) is 2.03. The first-order chi connectivity index (χ1) is 10.0. The molecule has 0 amide bonds. The highest BCUT2D eigenvalue weighted by Crippen LogP contribution is 2.21. The van der Waals surface area contributed by atoms with Gasteiger partial charge in [-0.3, -0.25) is 4.84 Å². The number of phenolic OH excluding ortho intramolecular Hbond substituents is 1. The average Bonchev–Trinajstić information content (AvgIpc) is 2.49. The van der Waals surface area contributed by atoms with Gasteiger partial charge in [0.15, 0.2) is 0 Å². The summed E-state index contributed by atoms with van der Waals surface area (Å²) in [6.07, 6.45) is -6.68. The number of hydrogen-bond acceptors (Lipinski definition) is 8. The van der Waals surface area contributed by atoms with Crippen molar-refractivity contribution in [1.29, 1.82) is 0 Å². The largest absolute Gasteiger partial charge is 0.508 e. The van der Waals surface area contributed by atoms with Crippen molar-refractivity contribution in [2.24, 2.45) is 0 Å². The van der Waals surface area contributed by atoms with Crippen LogP contribution in [0.3, 0.4) is 0 Å². The molecule has 6 N–H and O–H groups in total. The minimum absolute atomic E-state index is 0.0856. The molecule has 1 aromatic carbocycles. The molecule has 1 aliphatic rings. The molecule has 0 aliphatic carbocycles. The lowest BCUT2D eigenvalue weighted by atomic mass is 9.99. The van der Waals surface area contributed by atoms with Gasteiger partial charge < -0.3 is 30.3 Å². The third-order valence-corrected chi connectivity index (χ3v) is 3.30. The van der Waals surface area contributed by atoms with E-state index in [-0.39, 0.29) is 12.3 Å². The van der Waals surface area contributed by atoms with Gasteiger partial charge in [0.05, 0.1) is 6.61 Å². The molecule has 1 heterocycles. The number of ether oxygens (including phenoxy) is 1.